The van der Waals surface area contributed by atoms with Gasteiger partial charge in [-0.05, 0) is 48.7 Å². The molecule has 1 aliphatic heterocycles. The number of para-hydroxylation sites is 1. The molecule has 1 aliphatic carbocycles. The van der Waals surface area contributed by atoms with Gasteiger partial charge in [-0.2, -0.15) is 13.2 Å². The van der Waals surface area contributed by atoms with E-state index in [-0.39, 0.29) is 24.4 Å². The number of anilines is 1. The summed E-state index contributed by atoms with van der Waals surface area (Å²) in [6.07, 6.45) is 4.84. The molecule has 2 amide bonds. The molecule has 0 radical (unpaired) electrons. The van der Waals surface area contributed by atoms with Crippen LogP contribution in [0.15, 0.2) is 58.3 Å². The quantitative estimate of drug-likeness (QED) is 0.506. The molecule has 1 saturated carbocycles. The number of thioether (sulfide) groups is 1. The highest BCUT2D eigenvalue weighted by atomic mass is 32.2. The van der Waals surface area contributed by atoms with Crippen LogP contribution >= 0.6 is 11.8 Å². The van der Waals surface area contributed by atoms with Crippen molar-refractivity contribution in [1.82, 2.24) is 5.32 Å². The Bertz CT molecular complexity index is 1060. The second-order valence-electron chi connectivity index (χ2n) is 8.70. The third-order valence-corrected chi connectivity index (χ3v) is 7.22. The van der Waals surface area contributed by atoms with Crippen LogP contribution in [0.1, 0.15) is 56.1 Å². The first-order chi connectivity index (χ1) is 16.3. The minimum Gasteiger partial charge on any atom is -0.352 e. The van der Waals surface area contributed by atoms with Gasteiger partial charge < -0.3 is 5.32 Å². The lowest BCUT2D eigenvalue weighted by atomic mass is 9.97. The van der Waals surface area contributed by atoms with E-state index in [9.17, 15) is 22.8 Å². The lowest BCUT2D eigenvalue weighted by molar-refractivity contribution is -0.137. The fourth-order valence-electron chi connectivity index (χ4n) is 4.36. The van der Waals surface area contributed by atoms with Gasteiger partial charge in [-0.15, -0.1) is 0 Å². The number of hydrogen-bond acceptors (Lipinski definition) is 3. The molecule has 4 nitrogen and oxygen atoms in total. The molecule has 2 aliphatic rings. The number of hydrogen-bond donors (Lipinski definition) is 1. The fourth-order valence-corrected chi connectivity index (χ4v) is 5.42. The van der Waals surface area contributed by atoms with E-state index in [1.165, 1.54) is 48.1 Å². The topological polar surface area (TPSA) is 49.4 Å². The Labute approximate surface area is 201 Å². The molecular weight excluding hydrogens is 461 g/mol. The van der Waals surface area contributed by atoms with Gasteiger partial charge in [0.05, 0.1) is 16.2 Å². The molecule has 1 N–H and O–H groups in total. The van der Waals surface area contributed by atoms with Gasteiger partial charge in [0.2, 0.25) is 5.91 Å². The molecule has 4 rings (SSSR count). The smallest absolute Gasteiger partial charge is 0.352 e. The summed E-state index contributed by atoms with van der Waals surface area (Å²) in [5, 5.41) is 3.10. The van der Waals surface area contributed by atoms with E-state index in [0.717, 1.165) is 42.7 Å². The zero-order valence-corrected chi connectivity index (χ0v) is 19.6. The van der Waals surface area contributed by atoms with E-state index in [1.807, 2.05) is 18.2 Å². The van der Waals surface area contributed by atoms with Crippen LogP contribution in [0.5, 0.6) is 0 Å². The number of rotatable bonds is 4. The molecule has 1 heterocycles. The van der Waals surface area contributed by atoms with E-state index in [2.05, 4.69) is 5.32 Å². The highest BCUT2D eigenvalue weighted by molar-refractivity contribution is 8.04. The maximum absolute atomic E-state index is 13.3. The van der Waals surface area contributed by atoms with Crippen molar-refractivity contribution in [3.05, 3.63) is 64.6 Å². The first kappa shape index (κ1) is 24.4. The Balaban J connectivity index is 1.53. The maximum atomic E-state index is 13.3. The van der Waals surface area contributed by atoms with E-state index in [0.29, 0.717) is 16.2 Å². The molecule has 0 saturated heterocycles. The summed E-state index contributed by atoms with van der Waals surface area (Å²) in [6.45, 7) is -0.0999. The highest BCUT2D eigenvalue weighted by Crippen LogP contribution is 2.42. The predicted molar refractivity (Wildman–Crippen MR) is 128 cm³/mol. The predicted octanol–water partition coefficient (Wildman–Crippen LogP) is 6.41. The highest BCUT2D eigenvalue weighted by Gasteiger charge is 2.32. The molecular formula is C26H27F3N2O2S. The van der Waals surface area contributed by atoms with Crippen molar-refractivity contribution in [2.45, 2.75) is 62.1 Å². The van der Waals surface area contributed by atoms with Crippen molar-refractivity contribution < 1.29 is 22.8 Å². The first-order valence-electron chi connectivity index (χ1n) is 11.6. The number of carbonyl (C=O) groups is 2. The van der Waals surface area contributed by atoms with Crippen LogP contribution in [0.3, 0.4) is 0 Å². The number of alkyl halides is 3. The van der Waals surface area contributed by atoms with Gasteiger partial charge in [0.25, 0.3) is 5.91 Å². The second-order valence-corrected chi connectivity index (χ2v) is 9.78. The molecule has 0 spiro atoms. The molecule has 0 unspecified atom stereocenters. The number of benzene rings is 2. The average Bonchev–Trinajstić information content (AvgIpc) is 2.78. The number of amides is 2. The zero-order chi connectivity index (χ0) is 24.1. The number of fused-ring (bicyclic) bond motifs is 1. The van der Waals surface area contributed by atoms with Gasteiger partial charge in [0.1, 0.15) is 6.54 Å². The molecule has 1 fully saturated rings. The minimum absolute atomic E-state index is 0.0999. The van der Waals surface area contributed by atoms with Crippen molar-refractivity contribution in [3.8, 4) is 0 Å². The molecule has 2 aromatic carbocycles. The van der Waals surface area contributed by atoms with E-state index >= 15 is 0 Å². The van der Waals surface area contributed by atoms with E-state index in [1.54, 1.807) is 12.1 Å². The Morgan fingerprint density at radius 3 is 2.32 bits per heavy atom. The van der Waals surface area contributed by atoms with Gasteiger partial charge in [0.15, 0.2) is 0 Å². The zero-order valence-electron chi connectivity index (χ0n) is 18.7. The van der Waals surface area contributed by atoms with Crippen LogP contribution in [-0.4, -0.2) is 24.4 Å². The van der Waals surface area contributed by atoms with Crippen LogP contribution in [0.4, 0.5) is 18.9 Å². The maximum Gasteiger partial charge on any atom is 0.416 e. The van der Waals surface area contributed by atoms with Gasteiger partial charge in [-0.25, -0.2) is 0 Å². The minimum atomic E-state index is -4.42. The Morgan fingerprint density at radius 1 is 1.00 bits per heavy atom. The third kappa shape index (κ3) is 6.03. The van der Waals surface area contributed by atoms with Crippen molar-refractivity contribution >= 4 is 35.3 Å². The molecule has 0 aromatic heterocycles. The van der Waals surface area contributed by atoms with Crippen LogP contribution in [0.2, 0.25) is 0 Å². The van der Waals surface area contributed by atoms with Gasteiger partial charge in [-0.3, -0.25) is 14.5 Å². The molecule has 34 heavy (non-hydrogen) atoms. The molecule has 0 atom stereocenters. The summed E-state index contributed by atoms with van der Waals surface area (Å²) >= 11 is 1.26. The van der Waals surface area contributed by atoms with Crippen LogP contribution in [-0.2, 0) is 15.8 Å². The van der Waals surface area contributed by atoms with E-state index < -0.39 is 11.7 Å². The van der Waals surface area contributed by atoms with E-state index in [4.69, 9.17) is 0 Å². The van der Waals surface area contributed by atoms with Crippen molar-refractivity contribution in [3.63, 3.8) is 0 Å². The number of nitrogens with zero attached hydrogens (tertiary/aromatic N) is 1. The molecule has 0 bridgehead atoms. The summed E-state index contributed by atoms with van der Waals surface area (Å²) < 4.78 is 38.6. The summed E-state index contributed by atoms with van der Waals surface area (Å²) in [7, 11) is 0. The summed E-state index contributed by atoms with van der Waals surface area (Å²) in [6, 6.07) is 12.1. The lowest BCUT2D eigenvalue weighted by Gasteiger charge is -2.30. The fraction of sp³-hybridized carbons (Fsp3) is 0.385. The van der Waals surface area contributed by atoms with Gasteiger partial charge >= 0.3 is 6.18 Å². The SMILES string of the molecule is O=C(CN1C(=O)/C(=C\c2ccc(C(F)(F)F)cc2)Sc2ccccc21)NC1CCCCCCC1. The average molecular weight is 489 g/mol. The Kier molecular flexibility index (Phi) is 7.66. The first-order valence-corrected chi connectivity index (χ1v) is 12.4. The van der Waals surface area contributed by atoms with Gasteiger partial charge in [0, 0.05) is 10.9 Å². The normalized spacial score (nSPS) is 18.9. The van der Waals surface area contributed by atoms with Gasteiger partial charge in [-0.1, -0.05) is 68.1 Å². The standard InChI is InChI=1S/C26H27F3N2O2S/c27-26(28,29)19-14-12-18(13-15-19)16-23-25(33)31(21-10-6-7-11-22(21)34-23)17-24(32)30-20-8-4-2-1-3-5-9-20/h6-7,10-16,20H,1-5,8-9,17H2,(H,30,32)/b23-16+. The number of halogens is 3. The largest absolute Gasteiger partial charge is 0.416 e. The third-order valence-electron chi connectivity index (χ3n) is 6.14. The summed E-state index contributed by atoms with van der Waals surface area (Å²) in [4.78, 5) is 28.9. The summed E-state index contributed by atoms with van der Waals surface area (Å²) in [5.41, 5.74) is 0.409. The van der Waals surface area contributed by atoms with Crippen LogP contribution < -0.4 is 10.2 Å². The number of carbonyl (C=O) groups excluding carboxylic acids is 2. The van der Waals surface area contributed by atoms with Crippen molar-refractivity contribution in [2.24, 2.45) is 0 Å². The lowest BCUT2D eigenvalue weighted by Crippen LogP contribution is -2.45. The van der Waals surface area contributed by atoms with Crippen LogP contribution in [0.25, 0.3) is 6.08 Å². The Hall–Kier alpha value is -2.74. The van der Waals surface area contributed by atoms with Crippen molar-refractivity contribution in [1.29, 1.82) is 0 Å². The molecule has 180 valence electrons. The Morgan fingerprint density at radius 2 is 1.65 bits per heavy atom. The molecule has 8 heteroatoms. The summed E-state index contributed by atoms with van der Waals surface area (Å²) in [5.74, 6) is -0.536. The van der Waals surface area contributed by atoms with Crippen molar-refractivity contribution in [2.75, 3.05) is 11.4 Å². The molecule has 2 aromatic rings. The number of nitrogens with one attached hydrogen (secondary N) is 1. The monoisotopic (exact) mass is 488 g/mol. The second kappa shape index (κ2) is 10.7. The van der Waals surface area contributed by atoms with Crippen LogP contribution in [0, 0.1) is 0 Å².